The zero-order chi connectivity index (χ0) is 19.9. The number of nitrogens with one attached hydrogen (secondary N) is 2. The monoisotopic (exact) mass is 378 g/mol. The molecule has 0 atom stereocenters. The molecule has 0 radical (unpaired) electrons. The molecule has 0 bridgehead atoms. The lowest BCUT2D eigenvalue weighted by Crippen LogP contribution is -2.09. The number of para-hydroxylation sites is 1. The normalized spacial score (nSPS) is 10.4. The average Bonchev–Trinajstić information content (AvgIpc) is 2.68. The Balaban J connectivity index is 1.65. The molecule has 144 valence electrons. The van der Waals surface area contributed by atoms with E-state index in [1.165, 1.54) is 0 Å². The third-order valence-electron chi connectivity index (χ3n) is 4.14. The summed E-state index contributed by atoms with van der Waals surface area (Å²) >= 11 is 0. The number of nitrogens with zero attached hydrogens (tertiary/aromatic N) is 2. The number of aromatic carboxylic acids is 1. The van der Waals surface area contributed by atoms with E-state index < -0.39 is 5.97 Å². The first kappa shape index (κ1) is 19.2. The van der Waals surface area contributed by atoms with Gasteiger partial charge in [0, 0.05) is 18.3 Å². The minimum Gasteiger partial charge on any atom is -0.496 e. The zero-order valence-corrected chi connectivity index (χ0v) is 15.8. The molecular weight excluding hydrogens is 356 g/mol. The lowest BCUT2D eigenvalue weighted by molar-refractivity contribution is 0.0697. The largest absolute Gasteiger partial charge is 0.496 e. The third kappa shape index (κ3) is 4.97. The lowest BCUT2D eigenvalue weighted by Gasteiger charge is -2.11. The van der Waals surface area contributed by atoms with Crippen molar-refractivity contribution in [2.75, 3.05) is 24.3 Å². The van der Waals surface area contributed by atoms with Crippen LogP contribution in [0.1, 0.15) is 21.7 Å². The third-order valence-corrected chi connectivity index (χ3v) is 4.14. The van der Waals surface area contributed by atoms with Crippen LogP contribution in [0.4, 0.5) is 17.3 Å². The average molecular weight is 378 g/mol. The predicted molar refractivity (Wildman–Crippen MR) is 109 cm³/mol. The highest BCUT2D eigenvalue weighted by atomic mass is 16.5. The van der Waals surface area contributed by atoms with Crippen LogP contribution in [0, 0.1) is 6.92 Å². The molecule has 28 heavy (non-hydrogen) atoms. The van der Waals surface area contributed by atoms with Crippen LogP contribution in [0.5, 0.6) is 5.75 Å². The first-order valence-electron chi connectivity index (χ1n) is 8.87. The number of hydrogen-bond acceptors (Lipinski definition) is 6. The molecule has 3 N–H and O–H groups in total. The summed E-state index contributed by atoms with van der Waals surface area (Å²) in [4.78, 5) is 19.7. The molecule has 0 fully saturated rings. The second-order valence-electron chi connectivity index (χ2n) is 6.18. The maximum atomic E-state index is 10.9. The van der Waals surface area contributed by atoms with Gasteiger partial charge in [0.15, 0.2) is 0 Å². The predicted octanol–water partition coefficient (Wildman–Crippen LogP) is 3.89. The van der Waals surface area contributed by atoms with E-state index in [0.717, 1.165) is 23.4 Å². The fourth-order valence-electron chi connectivity index (χ4n) is 2.80. The maximum absolute atomic E-state index is 10.9. The van der Waals surface area contributed by atoms with Crippen molar-refractivity contribution >= 4 is 23.3 Å². The summed E-state index contributed by atoms with van der Waals surface area (Å²) in [6, 6.07) is 16.2. The summed E-state index contributed by atoms with van der Waals surface area (Å²) < 4.78 is 5.38. The number of rotatable bonds is 8. The molecule has 3 rings (SSSR count). The number of carboxylic acid groups (broad SMARTS) is 1. The van der Waals surface area contributed by atoms with Crippen LogP contribution in [-0.2, 0) is 6.42 Å². The van der Waals surface area contributed by atoms with Crippen LogP contribution < -0.4 is 15.4 Å². The van der Waals surface area contributed by atoms with E-state index in [-0.39, 0.29) is 5.56 Å². The Hall–Kier alpha value is -3.61. The molecule has 1 aromatic heterocycles. The van der Waals surface area contributed by atoms with Crippen molar-refractivity contribution in [1.82, 2.24) is 9.97 Å². The van der Waals surface area contributed by atoms with E-state index in [1.54, 1.807) is 31.4 Å². The van der Waals surface area contributed by atoms with Crippen molar-refractivity contribution < 1.29 is 14.6 Å². The number of carboxylic acids is 1. The highest BCUT2D eigenvalue weighted by Gasteiger charge is 2.06. The number of aryl methyl sites for hydroxylation is 1. The number of aromatic nitrogens is 2. The molecule has 0 aliphatic heterocycles. The minimum atomic E-state index is -0.953. The van der Waals surface area contributed by atoms with Crippen LogP contribution in [0.2, 0.25) is 0 Å². The number of carbonyl (C=O) groups is 1. The zero-order valence-electron chi connectivity index (χ0n) is 15.8. The van der Waals surface area contributed by atoms with Gasteiger partial charge in [0.1, 0.15) is 23.2 Å². The Kier molecular flexibility index (Phi) is 6.06. The molecule has 0 saturated carbocycles. The Labute approximate surface area is 163 Å². The van der Waals surface area contributed by atoms with Gasteiger partial charge >= 0.3 is 5.97 Å². The summed E-state index contributed by atoms with van der Waals surface area (Å²) in [5, 5.41) is 15.5. The van der Waals surface area contributed by atoms with Crippen LogP contribution in [0.25, 0.3) is 0 Å². The molecule has 0 saturated heterocycles. The second-order valence-corrected chi connectivity index (χ2v) is 6.18. The van der Waals surface area contributed by atoms with Gasteiger partial charge in [-0.1, -0.05) is 18.2 Å². The van der Waals surface area contributed by atoms with E-state index in [2.05, 4.69) is 20.6 Å². The number of ether oxygens (including phenoxy) is 1. The Morgan fingerprint density at radius 3 is 2.50 bits per heavy atom. The van der Waals surface area contributed by atoms with Gasteiger partial charge in [-0.3, -0.25) is 0 Å². The van der Waals surface area contributed by atoms with Crippen molar-refractivity contribution in [1.29, 1.82) is 0 Å². The number of anilines is 3. The van der Waals surface area contributed by atoms with Gasteiger partial charge in [0.2, 0.25) is 0 Å². The molecule has 0 aliphatic rings. The summed E-state index contributed by atoms with van der Waals surface area (Å²) in [6.07, 6.45) is 0.798. The van der Waals surface area contributed by atoms with Crippen LogP contribution in [0.3, 0.4) is 0 Å². The smallest absolute Gasteiger partial charge is 0.335 e. The summed E-state index contributed by atoms with van der Waals surface area (Å²) in [6.45, 7) is 2.52. The van der Waals surface area contributed by atoms with Crippen molar-refractivity contribution in [2.45, 2.75) is 13.3 Å². The quantitative estimate of drug-likeness (QED) is 0.547. The molecule has 7 nitrogen and oxygen atoms in total. The lowest BCUT2D eigenvalue weighted by atomic mass is 10.1. The maximum Gasteiger partial charge on any atom is 0.335 e. The topological polar surface area (TPSA) is 96.4 Å². The van der Waals surface area contributed by atoms with E-state index in [0.29, 0.717) is 24.0 Å². The molecule has 3 aromatic rings. The fourth-order valence-corrected chi connectivity index (χ4v) is 2.80. The van der Waals surface area contributed by atoms with E-state index in [1.807, 2.05) is 37.3 Å². The second kappa shape index (κ2) is 8.85. The highest BCUT2D eigenvalue weighted by molar-refractivity contribution is 5.88. The molecule has 0 unspecified atom stereocenters. The summed E-state index contributed by atoms with van der Waals surface area (Å²) in [7, 11) is 1.67. The summed E-state index contributed by atoms with van der Waals surface area (Å²) in [5.74, 6) is 1.90. The van der Waals surface area contributed by atoms with Crippen molar-refractivity contribution in [3.05, 3.63) is 71.5 Å². The first-order valence-corrected chi connectivity index (χ1v) is 8.87. The van der Waals surface area contributed by atoms with Crippen molar-refractivity contribution in [3.63, 3.8) is 0 Å². The SMILES string of the molecule is COc1ccccc1CCNc1cc(Nc2ccc(C(=O)O)cc2)nc(C)n1. The van der Waals surface area contributed by atoms with E-state index in [9.17, 15) is 4.79 Å². The standard InChI is InChI=1S/C21H22N4O3/c1-14-23-19(22-12-11-15-5-3-4-6-18(15)28-2)13-20(24-14)25-17-9-7-16(8-10-17)21(26)27/h3-10,13H,11-12H2,1-2H3,(H,26,27)(H2,22,23,24,25). The Morgan fingerprint density at radius 2 is 1.79 bits per heavy atom. The molecule has 2 aromatic carbocycles. The Bertz CT molecular complexity index is 958. The van der Waals surface area contributed by atoms with Crippen LogP contribution >= 0.6 is 0 Å². The van der Waals surface area contributed by atoms with Crippen LogP contribution in [-0.4, -0.2) is 34.7 Å². The highest BCUT2D eigenvalue weighted by Crippen LogP contribution is 2.20. The summed E-state index contributed by atoms with van der Waals surface area (Å²) in [5.41, 5.74) is 2.12. The first-order chi connectivity index (χ1) is 13.5. The van der Waals surface area contributed by atoms with Gasteiger partial charge in [-0.05, 0) is 49.2 Å². The van der Waals surface area contributed by atoms with Gasteiger partial charge < -0.3 is 20.5 Å². The molecule has 1 heterocycles. The Morgan fingerprint density at radius 1 is 1.07 bits per heavy atom. The van der Waals surface area contributed by atoms with Gasteiger partial charge in [-0.15, -0.1) is 0 Å². The minimum absolute atomic E-state index is 0.239. The fraction of sp³-hybridized carbons (Fsp3) is 0.190. The van der Waals surface area contributed by atoms with Crippen molar-refractivity contribution in [3.8, 4) is 5.75 Å². The van der Waals surface area contributed by atoms with Gasteiger partial charge in [0.05, 0.1) is 12.7 Å². The van der Waals surface area contributed by atoms with Gasteiger partial charge in [-0.2, -0.15) is 0 Å². The number of hydrogen-bond donors (Lipinski definition) is 3. The molecule has 0 spiro atoms. The van der Waals surface area contributed by atoms with Crippen molar-refractivity contribution in [2.24, 2.45) is 0 Å². The van der Waals surface area contributed by atoms with E-state index >= 15 is 0 Å². The van der Waals surface area contributed by atoms with Gasteiger partial charge in [-0.25, -0.2) is 14.8 Å². The van der Waals surface area contributed by atoms with Gasteiger partial charge in [0.25, 0.3) is 0 Å². The van der Waals surface area contributed by atoms with Crippen LogP contribution in [0.15, 0.2) is 54.6 Å². The van der Waals surface area contributed by atoms with E-state index in [4.69, 9.17) is 9.84 Å². The number of methoxy groups -OCH3 is 1. The molecular formula is C21H22N4O3. The molecule has 7 heteroatoms. The number of benzene rings is 2. The molecule has 0 amide bonds. The molecule has 0 aliphatic carbocycles.